The second-order valence-electron chi connectivity index (χ2n) is 6.12. The van der Waals surface area contributed by atoms with Gasteiger partial charge in [-0.15, -0.1) is 11.3 Å². The summed E-state index contributed by atoms with van der Waals surface area (Å²) in [7, 11) is 0. The molecule has 0 saturated carbocycles. The quantitative estimate of drug-likeness (QED) is 0.375. The fourth-order valence-electron chi connectivity index (χ4n) is 2.73. The Balaban J connectivity index is 1.97. The van der Waals surface area contributed by atoms with Gasteiger partial charge in [0.1, 0.15) is 17.2 Å². The minimum Gasteiger partial charge on any atom is -0.612 e. The molecular formula is C21H18N2O3S3. The van der Waals surface area contributed by atoms with E-state index in [4.69, 9.17) is 5.26 Å². The molecule has 0 fully saturated rings. The standard InChI is InChI=1S/C21H18N2O3S3/c1-3-13-4-5-14(21(24)25)10-20(13)28-23-18-11-16(29(2)26)7-8-17(18)19-9-6-15(12-22)27-19/h4-11,23H,3H2,1-2H3,(H,24,25). The van der Waals surface area contributed by atoms with E-state index in [1.165, 1.54) is 23.3 Å². The summed E-state index contributed by atoms with van der Waals surface area (Å²) < 4.78 is 15.3. The van der Waals surface area contributed by atoms with Crippen LogP contribution in [0.1, 0.15) is 27.7 Å². The van der Waals surface area contributed by atoms with Crippen molar-refractivity contribution < 1.29 is 14.5 Å². The van der Waals surface area contributed by atoms with Crippen molar-refractivity contribution >= 4 is 46.1 Å². The summed E-state index contributed by atoms with van der Waals surface area (Å²) in [6, 6.07) is 16.4. The molecule has 1 atom stereocenters. The Morgan fingerprint density at radius 2 is 2.07 bits per heavy atom. The lowest BCUT2D eigenvalue weighted by Gasteiger charge is -2.14. The number of nitrogens with zero attached hydrogens (tertiary/aromatic N) is 1. The van der Waals surface area contributed by atoms with Crippen LogP contribution in [-0.2, 0) is 17.6 Å². The fraction of sp³-hybridized carbons (Fsp3) is 0.143. The van der Waals surface area contributed by atoms with Crippen LogP contribution in [0.25, 0.3) is 10.4 Å². The Hall–Kier alpha value is -2.44. The molecule has 0 aliphatic rings. The molecule has 3 rings (SSSR count). The Morgan fingerprint density at radius 3 is 2.69 bits per heavy atom. The third kappa shape index (κ3) is 4.95. The van der Waals surface area contributed by atoms with Crippen molar-refractivity contribution in [2.24, 2.45) is 0 Å². The Morgan fingerprint density at radius 1 is 1.28 bits per heavy atom. The maximum absolute atomic E-state index is 12.0. The lowest BCUT2D eigenvalue weighted by Crippen LogP contribution is -2.01. The molecule has 0 aliphatic carbocycles. The molecule has 1 aromatic heterocycles. The molecule has 1 unspecified atom stereocenters. The van der Waals surface area contributed by atoms with Crippen molar-refractivity contribution in [3.63, 3.8) is 0 Å². The van der Waals surface area contributed by atoms with E-state index in [0.29, 0.717) is 9.77 Å². The number of thiophene rings is 1. The zero-order valence-corrected chi connectivity index (χ0v) is 18.2. The van der Waals surface area contributed by atoms with Gasteiger partial charge in [0, 0.05) is 21.4 Å². The van der Waals surface area contributed by atoms with E-state index in [-0.39, 0.29) is 5.56 Å². The SMILES string of the molecule is CCc1ccc(C(=O)O)cc1SNc1cc([S+](C)[O-])ccc1-c1ccc(C#N)s1. The molecule has 29 heavy (non-hydrogen) atoms. The van der Waals surface area contributed by atoms with Crippen LogP contribution in [0, 0.1) is 11.3 Å². The van der Waals surface area contributed by atoms with Gasteiger partial charge in [-0.1, -0.05) is 13.0 Å². The van der Waals surface area contributed by atoms with Gasteiger partial charge in [-0.3, -0.25) is 0 Å². The molecule has 0 bridgehead atoms. The van der Waals surface area contributed by atoms with Gasteiger partial charge in [-0.05, 0) is 71.5 Å². The van der Waals surface area contributed by atoms with E-state index >= 15 is 0 Å². The number of rotatable bonds is 7. The Bertz CT molecular complexity index is 1090. The first-order valence-corrected chi connectivity index (χ1v) is 11.9. The number of aromatic carboxylic acids is 1. The third-order valence-electron chi connectivity index (χ3n) is 4.27. The number of carboxylic acids is 1. The molecule has 3 aromatic rings. The van der Waals surface area contributed by atoms with Crippen LogP contribution in [0.5, 0.6) is 0 Å². The maximum Gasteiger partial charge on any atom is 0.335 e. The monoisotopic (exact) mass is 442 g/mol. The lowest BCUT2D eigenvalue weighted by atomic mass is 10.1. The molecule has 1 heterocycles. The minimum atomic E-state index is -1.14. The van der Waals surface area contributed by atoms with Gasteiger partial charge in [0.25, 0.3) is 0 Å². The van der Waals surface area contributed by atoms with E-state index in [2.05, 4.69) is 10.8 Å². The Kier molecular flexibility index (Phi) is 6.87. The summed E-state index contributed by atoms with van der Waals surface area (Å²) in [6.45, 7) is 2.02. The summed E-state index contributed by atoms with van der Waals surface area (Å²) in [5.74, 6) is -0.971. The second-order valence-corrected chi connectivity index (χ2v) is 9.43. The average molecular weight is 443 g/mol. The van der Waals surface area contributed by atoms with Gasteiger partial charge in [-0.2, -0.15) is 5.26 Å². The molecule has 0 saturated heterocycles. The highest BCUT2D eigenvalue weighted by Gasteiger charge is 2.15. The number of carboxylic acid groups (broad SMARTS) is 1. The normalized spacial score (nSPS) is 11.7. The van der Waals surface area contributed by atoms with Crippen molar-refractivity contribution in [3.05, 3.63) is 64.5 Å². The van der Waals surface area contributed by atoms with Crippen LogP contribution in [0.3, 0.4) is 0 Å². The highest BCUT2D eigenvalue weighted by Crippen LogP contribution is 2.37. The first-order chi connectivity index (χ1) is 13.9. The van der Waals surface area contributed by atoms with E-state index in [9.17, 15) is 14.5 Å². The first kappa shape index (κ1) is 21.3. The highest BCUT2D eigenvalue weighted by atomic mass is 32.2. The number of aryl methyl sites for hydroxylation is 1. The molecule has 0 aliphatic heterocycles. The van der Waals surface area contributed by atoms with E-state index in [1.807, 2.05) is 37.3 Å². The number of hydrogen-bond acceptors (Lipinski definition) is 6. The number of nitrogens with one attached hydrogen (secondary N) is 1. The first-order valence-electron chi connectivity index (χ1n) is 8.69. The summed E-state index contributed by atoms with van der Waals surface area (Å²) in [5, 5.41) is 18.4. The van der Waals surface area contributed by atoms with Crippen LogP contribution >= 0.6 is 23.3 Å². The van der Waals surface area contributed by atoms with Crippen molar-refractivity contribution in [2.75, 3.05) is 11.0 Å². The van der Waals surface area contributed by atoms with Gasteiger partial charge < -0.3 is 14.4 Å². The van der Waals surface area contributed by atoms with Gasteiger partial charge >= 0.3 is 5.97 Å². The summed E-state index contributed by atoms with van der Waals surface area (Å²) >= 11 is 1.57. The van der Waals surface area contributed by atoms with Gasteiger partial charge in [0.05, 0.1) is 11.3 Å². The average Bonchev–Trinajstić information content (AvgIpc) is 3.20. The zero-order chi connectivity index (χ0) is 21.0. The van der Waals surface area contributed by atoms with E-state index < -0.39 is 17.1 Å². The number of hydrogen-bond donors (Lipinski definition) is 2. The summed E-state index contributed by atoms with van der Waals surface area (Å²) in [4.78, 5) is 14.4. The van der Waals surface area contributed by atoms with E-state index in [1.54, 1.807) is 24.5 Å². The number of benzene rings is 2. The Labute approximate surface area is 180 Å². The molecule has 8 heteroatoms. The number of carbonyl (C=O) groups is 1. The molecule has 0 amide bonds. The molecule has 2 aromatic carbocycles. The van der Waals surface area contributed by atoms with Crippen LogP contribution in [0.15, 0.2) is 58.3 Å². The fourth-order valence-corrected chi connectivity index (χ4v) is 5.03. The summed E-state index contributed by atoms with van der Waals surface area (Å²) in [6.07, 6.45) is 2.39. The van der Waals surface area contributed by atoms with Crippen molar-refractivity contribution in [3.8, 4) is 16.5 Å². The highest BCUT2D eigenvalue weighted by molar-refractivity contribution is 8.00. The maximum atomic E-state index is 12.0. The number of anilines is 1. The van der Waals surface area contributed by atoms with Gasteiger partial charge in [-0.25, -0.2) is 4.79 Å². The van der Waals surface area contributed by atoms with Crippen LogP contribution < -0.4 is 4.72 Å². The van der Waals surface area contributed by atoms with Gasteiger partial charge in [0.2, 0.25) is 0 Å². The zero-order valence-electron chi connectivity index (χ0n) is 15.8. The molecule has 0 spiro atoms. The summed E-state index contributed by atoms with van der Waals surface area (Å²) in [5.41, 5.74) is 2.92. The van der Waals surface area contributed by atoms with Crippen molar-refractivity contribution in [1.82, 2.24) is 0 Å². The van der Waals surface area contributed by atoms with Crippen molar-refractivity contribution in [1.29, 1.82) is 5.26 Å². The predicted octanol–water partition coefficient (Wildman–Crippen LogP) is 5.40. The number of nitriles is 1. The second kappa shape index (κ2) is 9.37. The predicted molar refractivity (Wildman–Crippen MR) is 119 cm³/mol. The smallest absolute Gasteiger partial charge is 0.335 e. The lowest BCUT2D eigenvalue weighted by molar-refractivity contribution is 0.0696. The molecule has 2 N–H and O–H groups in total. The molecule has 0 radical (unpaired) electrons. The molecule has 148 valence electrons. The largest absolute Gasteiger partial charge is 0.612 e. The minimum absolute atomic E-state index is 0.229. The van der Waals surface area contributed by atoms with E-state index in [0.717, 1.165) is 33.0 Å². The topological polar surface area (TPSA) is 96.2 Å². The van der Waals surface area contributed by atoms with Gasteiger partial charge in [0.15, 0.2) is 4.90 Å². The van der Waals surface area contributed by atoms with Crippen LogP contribution in [0.2, 0.25) is 0 Å². The van der Waals surface area contributed by atoms with Crippen molar-refractivity contribution in [2.45, 2.75) is 23.1 Å². The molecule has 5 nitrogen and oxygen atoms in total. The third-order valence-corrected chi connectivity index (χ3v) is 7.13. The van der Waals surface area contributed by atoms with Crippen LogP contribution in [-0.4, -0.2) is 21.9 Å². The van der Waals surface area contributed by atoms with Crippen LogP contribution in [0.4, 0.5) is 5.69 Å². The molecular weight excluding hydrogens is 424 g/mol.